The standard InChI is InChI=1S/C13H9ClN2S2/c1-8-7-10-11(14)15-13(16-12(10)17-8)18-9-5-3-2-4-6-9/h2-7H,1H3. The van der Waals surface area contributed by atoms with E-state index in [1.54, 1.807) is 11.3 Å². The Kier molecular flexibility index (Phi) is 3.24. The van der Waals surface area contributed by atoms with E-state index in [1.807, 2.05) is 43.3 Å². The number of thiophene rings is 1. The van der Waals surface area contributed by atoms with Gasteiger partial charge in [-0.25, -0.2) is 9.97 Å². The Morgan fingerprint density at radius 3 is 2.72 bits per heavy atom. The number of rotatable bonds is 2. The summed E-state index contributed by atoms with van der Waals surface area (Å²) < 4.78 is 0. The van der Waals surface area contributed by atoms with Crippen LogP contribution in [0, 0.1) is 6.92 Å². The van der Waals surface area contributed by atoms with Crippen molar-refractivity contribution < 1.29 is 0 Å². The summed E-state index contributed by atoms with van der Waals surface area (Å²) in [4.78, 5) is 12.1. The van der Waals surface area contributed by atoms with E-state index in [2.05, 4.69) is 9.97 Å². The molecular formula is C13H9ClN2S2. The van der Waals surface area contributed by atoms with Gasteiger partial charge in [0.05, 0.1) is 0 Å². The average Bonchev–Trinajstić information content (AvgIpc) is 2.72. The van der Waals surface area contributed by atoms with Crippen LogP contribution < -0.4 is 0 Å². The van der Waals surface area contributed by atoms with Gasteiger partial charge in [0.2, 0.25) is 0 Å². The van der Waals surface area contributed by atoms with Crippen LogP contribution >= 0.6 is 34.7 Å². The average molecular weight is 293 g/mol. The quantitative estimate of drug-likeness (QED) is 0.501. The first-order valence-electron chi connectivity index (χ1n) is 5.39. The second-order valence-corrected chi connectivity index (χ2v) is 6.42. The molecule has 0 aliphatic rings. The zero-order chi connectivity index (χ0) is 12.5. The van der Waals surface area contributed by atoms with Gasteiger partial charge in [0, 0.05) is 15.2 Å². The number of nitrogens with zero attached hydrogens (tertiary/aromatic N) is 2. The Morgan fingerprint density at radius 1 is 1.17 bits per heavy atom. The topological polar surface area (TPSA) is 25.8 Å². The summed E-state index contributed by atoms with van der Waals surface area (Å²) in [5.74, 6) is 0. The van der Waals surface area contributed by atoms with Crippen molar-refractivity contribution in [1.29, 1.82) is 0 Å². The fraction of sp³-hybridized carbons (Fsp3) is 0.0769. The molecule has 2 aromatic heterocycles. The molecule has 0 bridgehead atoms. The summed E-state index contributed by atoms with van der Waals surface area (Å²) in [6.45, 7) is 2.05. The highest BCUT2D eigenvalue weighted by Gasteiger charge is 2.09. The molecule has 0 amide bonds. The lowest BCUT2D eigenvalue weighted by Crippen LogP contribution is -1.86. The third-order valence-electron chi connectivity index (χ3n) is 2.40. The van der Waals surface area contributed by atoms with Crippen LogP contribution in [0.2, 0.25) is 5.15 Å². The molecule has 5 heteroatoms. The monoisotopic (exact) mass is 292 g/mol. The van der Waals surface area contributed by atoms with Crippen molar-refractivity contribution in [2.75, 3.05) is 0 Å². The molecule has 0 saturated heterocycles. The molecule has 0 aliphatic heterocycles. The number of benzene rings is 1. The van der Waals surface area contributed by atoms with Crippen molar-refractivity contribution in [1.82, 2.24) is 9.97 Å². The Hall–Kier alpha value is -1.10. The van der Waals surface area contributed by atoms with Crippen LogP contribution in [0.1, 0.15) is 4.88 Å². The molecule has 18 heavy (non-hydrogen) atoms. The first-order valence-corrected chi connectivity index (χ1v) is 7.40. The van der Waals surface area contributed by atoms with Crippen LogP contribution in [-0.2, 0) is 0 Å². The van der Waals surface area contributed by atoms with Crippen LogP contribution in [0.5, 0.6) is 0 Å². The minimum atomic E-state index is 0.530. The highest BCUT2D eigenvalue weighted by atomic mass is 35.5. The van der Waals surface area contributed by atoms with Crippen LogP contribution in [0.3, 0.4) is 0 Å². The fourth-order valence-corrected chi connectivity index (χ4v) is 3.67. The number of aryl methyl sites for hydroxylation is 1. The summed E-state index contributed by atoms with van der Waals surface area (Å²) in [6, 6.07) is 12.1. The number of aromatic nitrogens is 2. The number of fused-ring (bicyclic) bond motifs is 1. The molecule has 0 radical (unpaired) electrons. The van der Waals surface area contributed by atoms with Gasteiger partial charge in [0.25, 0.3) is 0 Å². The maximum Gasteiger partial charge on any atom is 0.195 e. The highest BCUT2D eigenvalue weighted by Crippen LogP contribution is 2.32. The van der Waals surface area contributed by atoms with Gasteiger partial charge in [0.1, 0.15) is 9.98 Å². The van der Waals surface area contributed by atoms with E-state index in [-0.39, 0.29) is 0 Å². The molecule has 1 aromatic carbocycles. The maximum atomic E-state index is 6.18. The van der Waals surface area contributed by atoms with E-state index in [1.165, 1.54) is 16.6 Å². The van der Waals surface area contributed by atoms with Gasteiger partial charge in [-0.3, -0.25) is 0 Å². The summed E-state index contributed by atoms with van der Waals surface area (Å²) in [5.41, 5.74) is 0. The van der Waals surface area contributed by atoms with E-state index < -0.39 is 0 Å². The molecule has 2 heterocycles. The third kappa shape index (κ3) is 2.36. The molecule has 0 atom stereocenters. The van der Waals surface area contributed by atoms with Gasteiger partial charge in [-0.2, -0.15) is 0 Å². The van der Waals surface area contributed by atoms with Gasteiger partial charge < -0.3 is 0 Å². The van der Waals surface area contributed by atoms with E-state index in [9.17, 15) is 0 Å². The number of halogens is 1. The minimum absolute atomic E-state index is 0.530. The summed E-state index contributed by atoms with van der Waals surface area (Å²) in [6.07, 6.45) is 0. The Morgan fingerprint density at radius 2 is 1.94 bits per heavy atom. The SMILES string of the molecule is Cc1cc2c(Cl)nc(Sc3ccccc3)nc2s1. The van der Waals surface area contributed by atoms with E-state index >= 15 is 0 Å². The van der Waals surface area contributed by atoms with Crippen molar-refractivity contribution in [2.24, 2.45) is 0 Å². The van der Waals surface area contributed by atoms with E-state index in [4.69, 9.17) is 11.6 Å². The summed E-state index contributed by atoms with van der Waals surface area (Å²) >= 11 is 9.35. The summed E-state index contributed by atoms with van der Waals surface area (Å²) in [5, 5.41) is 2.17. The zero-order valence-corrected chi connectivity index (χ0v) is 11.9. The van der Waals surface area contributed by atoms with Gasteiger partial charge in [-0.15, -0.1) is 11.3 Å². The van der Waals surface area contributed by atoms with E-state index in [0.29, 0.717) is 10.3 Å². The minimum Gasteiger partial charge on any atom is -0.211 e. The van der Waals surface area contributed by atoms with Crippen LogP contribution in [0.15, 0.2) is 46.5 Å². The normalized spacial score (nSPS) is 11.0. The van der Waals surface area contributed by atoms with Gasteiger partial charge in [0.15, 0.2) is 5.16 Å². The Balaban J connectivity index is 2.02. The molecule has 0 saturated carbocycles. The third-order valence-corrected chi connectivity index (χ3v) is 4.51. The predicted molar refractivity (Wildman–Crippen MR) is 77.7 cm³/mol. The molecule has 3 aromatic rings. The fourth-order valence-electron chi connectivity index (χ4n) is 1.63. The maximum absolute atomic E-state index is 6.18. The van der Waals surface area contributed by atoms with Gasteiger partial charge >= 0.3 is 0 Å². The molecule has 3 rings (SSSR count). The molecule has 0 fully saturated rings. The molecule has 90 valence electrons. The predicted octanol–water partition coefficient (Wildman–Crippen LogP) is 4.80. The molecule has 0 aliphatic carbocycles. The van der Waals surface area contributed by atoms with Crippen LogP contribution in [0.4, 0.5) is 0 Å². The number of hydrogen-bond acceptors (Lipinski definition) is 4. The molecule has 0 spiro atoms. The van der Waals surface area contributed by atoms with Crippen molar-refractivity contribution in [3.63, 3.8) is 0 Å². The van der Waals surface area contributed by atoms with Crippen molar-refractivity contribution in [3.8, 4) is 0 Å². The Labute approximate surface area is 118 Å². The molecule has 0 unspecified atom stereocenters. The molecular weight excluding hydrogens is 284 g/mol. The second-order valence-electron chi connectivity index (χ2n) is 3.79. The van der Waals surface area contributed by atoms with Gasteiger partial charge in [-0.05, 0) is 36.9 Å². The lowest BCUT2D eigenvalue weighted by Gasteiger charge is -2.00. The Bertz CT molecular complexity index is 695. The lowest BCUT2D eigenvalue weighted by atomic mass is 10.4. The van der Waals surface area contributed by atoms with Crippen molar-refractivity contribution >= 4 is 44.9 Å². The first-order chi connectivity index (χ1) is 8.72. The van der Waals surface area contributed by atoms with Gasteiger partial charge in [-0.1, -0.05) is 29.8 Å². The highest BCUT2D eigenvalue weighted by molar-refractivity contribution is 7.99. The van der Waals surface area contributed by atoms with Crippen molar-refractivity contribution in [3.05, 3.63) is 46.4 Å². The summed E-state index contributed by atoms with van der Waals surface area (Å²) in [7, 11) is 0. The first kappa shape index (κ1) is 12.0. The second kappa shape index (κ2) is 4.88. The molecule has 2 nitrogen and oxygen atoms in total. The van der Waals surface area contributed by atoms with Crippen LogP contribution in [0.25, 0.3) is 10.2 Å². The number of hydrogen-bond donors (Lipinski definition) is 0. The zero-order valence-electron chi connectivity index (χ0n) is 9.55. The largest absolute Gasteiger partial charge is 0.211 e. The van der Waals surface area contributed by atoms with E-state index in [0.717, 1.165) is 15.1 Å². The van der Waals surface area contributed by atoms with Crippen molar-refractivity contribution in [2.45, 2.75) is 17.0 Å². The smallest absolute Gasteiger partial charge is 0.195 e. The lowest BCUT2D eigenvalue weighted by molar-refractivity contribution is 1.01. The van der Waals surface area contributed by atoms with Crippen LogP contribution in [-0.4, -0.2) is 9.97 Å². The molecule has 0 N–H and O–H groups in total.